The van der Waals surface area contributed by atoms with Crippen LogP contribution in [0.25, 0.3) is 5.65 Å². The highest BCUT2D eigenvalue weighted by Crippen LogP contribution is 2.26. The van der Waals surface area contributed by atoms with Gasteiger partial charge in [0.2, 0.25) is 5.91 Å². The molecule has 2 aromatic heterocycles. The van der Waals surface area contributed by atoms with E-state index in [1.165, 1.54) is 16.7 Å². The minimum atomic E-state index is -0.561. The van der Waals surface area contributed by atoms with Gasteiger partial charge in [-0.25, -0.2) is 4.98 Å². The third-order valence-corrected chi connectivity index (χ3v) is 5.62. The Bertz CT molecular complexity index is 1530. The van der Waals surface area contributed by atoms with Crippen LogP contribution in [0.3, 0.4) is 0 Å². The molecule has 0 fully saturated rings. The zero-order valence-corrected chi connectivity index (χ0v) is 18.9. The van der Waals surface area contributed by atoms with E-state index in [0.717, 1.165) is 4.90 Å². The molecule has 174 valence electrons. The molecule has 10 heteroatoms. The number of benzene rings is 2. The van der Waals surface area contributed by atoms with Gasteiger partial charge in [-0.3, -0.25) is 28.5 Å². The smallest absolute Gasteiger partial charge is 0.262 e. The number of hydrogen-bond acceptors (Lipinski definition) is 6. The maximum Gasteiger partial charge on any atom is 0.262 e. The standard InChI is InChI=1S/C25H17ClN4O5/c26-15-9-10-21-27-16(11-23(32)29(21)12-15)14-35-20-8-4-3-7-19(20)28-22(31)13-30-24(33)17-5-1-2-6-18(17)25(30)34/h1-12H,13-14H2,(H,28,31). The minimum absolute atomic E-state index is 0.0281. The van der Waals surface area contributed by atoms with Gasteiger partial charge in [0.15, 0.2) is 0 Å². The lowest BCUT2D eigenvalue weighted by Gasteiger charge is -2.16. The number of amides is 3. The fourth-order valence-electron chi connectivity index (χ4n) is 3.76. The van der Waals surface area contributed by atoms with E-state index in [1.807, 2.05) is 0 Å². The number of fused-ring (bicyclic) bond motifs is 2. The molecule has 0 atom stereocenters. The molecule has 1 aliphatic rings. The van der Waals surface area contributed by atoms with Crippen molar-refractivity contribution in [1.82, 2.24) is 14.3 Å². The van der Waals surface area contributed by atoms with E-state index in [1.54, 1.807) is 60.7 Å². The first-order chi connectivity index (χ1) is 16.9. The molecule has 0 bridgehead atoms. The van der Waals surface area contributed by atoms with Crippen LogP contribution in [0.2, 0.25) is 5.02 Å². The highest BCUT2D eigenvalue weighted by molar-refractivity contribution is 6.30. The summed E-state index contributed by atoms with van der Waals surface area (Å²) in [6.07, 6.45) is 1.48. The predicted molar refractivity (Wildman–Crippen MR) is 128 cm³/mol. The number of nitrogens with zero attached hydrogens (tertiary/aromatic N) is 3. The topological polar surface area (TPSA) is 110 Å². The Morgan fingerprint density at radius 3 is 2.37 bits per heavy atom. The highest BCUT2D eigenvalue weighted by Gasteiger charge is 2.36. The molecule has 9 nitrogen and oxygen atoms in total. The van der Waals surface area contributed by atoms with Gasteiger partial charge in [-0.1, -0.05) is 35.9 Å². The van der Waals surface area contributed by atoms with Gasteiger partial charge < -0.3 is 10.1 Å². The first-order valence-electron chi connectivity index (χ1n) is 10.6. The van der Waals surface area contributed by atoms with Crippen LogP contribution < -0.4 is 15.6 Å². The molecule has 2 aromatic carbocycles. The van der Waals surface area contributed by atoms with E-state index in [2.05, 4.69) is 10.3 Å². The second-order valence-corrected chi connectivity index (χ2v) is 8.17. The second kappa shape index (κ2) is 9.03. The molecule has 0 radical (unpaired) electrons. The summed E-state index contributed by atoms with van der Waals surface area (Å²) in [5.41, 5.74) is 1.40. The SMILES string of the molecule is O=C(CN1C(=O)c2ccccc2C1=O)Nc1ccccc1OCc1cc(=O)n2cc(Cl)ccc2n1. The van der Waals surface area contributed by atoms with Crippen molar-refractivity contribution in [3.63, 3.8) is 0 Å². The van der Waals surface area contributed by atoms with Gasteiger partial charge in [0.1, 0.15) is 24.5 Å². The number of halogens is 1. The van der Waals surface area contributed by atoms with Gasteiger partial charge in [-0.15, -0.1) is 0 Å². The molecule has 3 amide bonds. The van der Waals surface area contributed by atoms with E-state index in [9.17, 15) is 19.2 Å². The highest BCUT2D eigenvalue weighted by atomic mass is 35.5. The molecule has 0 spiro atoms. The van der Waals surface area contributed by atoms with Gasteiger partial charge in [-0.2, -0.15) is 0 Å². The molecule has 35 heavy (non-hydrogen) atoms. The number of ether oxygens (including phenoxy) is 1. The molecule has 0 saturated carbocycles. The normalized spacial score (nSPS) is 12.7. The number of nitrogens with one attached hydrogen (secondary N) is 1. The van der Waals surface area contributed by atoms with E-state index in [0.29, 0.717) is 27.8 Å². The molecule has 4 aromatic rings. The van der Waals surface area contributed by atoms with Crippen molar-refractivity contribution in [2.45, 2.75) is 6.61 Å². The van der Waals surface area contributed by atoms with Crippen molar-refractivity contribution >= 4 is 40.7 Å². The Morgan fingerprint density at radius 2 is 1.63 bits per heavy atom. The van der Waals surface area contributed by atoms with Crippen molar-refractivity contribution in [2.75, 3.05) is 11.9 Å². The number of imide groups is 1. The summed E-state index contributed by atoms with van der Waals surface area (Å²) in [7, 11) is 0. The summed E-state index contributed by atoms with van der Waals surface area (Å²) in [4.78, 5) is 55.4. The van der Waals surface area contributed by atoms with Crippen molar-refractivity contribution in [3.05, 3.63) is 105 Å². The van der Waals surface area contributed by atoms with Crippen LogP contribution in [0, 0.1) is 0 Å². The molecule has 1 aliphatic heterocycles. The van der Waals surface area contributed by atoms with Crippen LogP contribution in [-0.4, -0.2) is 38.6 Å². The first kappa shape index (κ1) is 22.3. The number of hydrogen-bond donors (Lipinski definition) is 1. The Balaban J connectivity index is 1.29. The lowest BCUT2D eigenvalue weighted by atomic mass is 10.1. The maximum atomic E-state index is 12.7. The lowest BCUT2D eigenvalue weighted by Crippen LogP contribution is -2.37. The van der Waals surface area contributed by atoms with Crippen LogP contribution in [0.4, 0.5) is 5.69 Å². The monoisotopic (exact) mass is 488 g/mol. The number of carbonyl (C=O) groups is 3. The summed E-state index contributed by atoms with van der Waals surface area (Å²) in [6.45, 7) is -0.466. The Morgan fingerprint density at radius 1 is 0.943 bits per heavy atom. The molecule has 0 saturated heterocycles. The number of para-hydroxylation sites is 2. The van der Waals surface area contributed by atoms with Crippen molar-refractivity contribution in [2.24, 2.45) is 0 Å². The van der Waals surface area contributed by atoms with Crippen molar-refractivity contribution < 1.29 is 19.1 Å². The van der Waals surface area contributed by atoms with Gasteiger partial charge >= 0.3 is 0 Å². The molecular weight excluding hydrogens is 472 g/mol. The zero-order chi connectivity index (χ0) is 24.5. The van der Waals surface area contributed by atoms with Gasteiger partial charge in [0.25, 0.3) is 17.4 Å². The quantitative estimate of drug-likeness (QED) is 0.417. The second-order valence-electron chi connectivity index (χ2n) is 7.74. The fraction of sp³-hybridized carbons (Fsp3) is 0.0800. The van der Waals surface area contributed by atoms with E-state index in [-0.39, 0.29) is 23.3 Å². The number of aromatic nitrogens is 2. The molecule has 1 N–H and O–H groups in total. The summed E-state index contributed by atoms with van der Waals surface area (Å²) in [6, 6.07) is 17.7. The zero-order valence-electron chi connectivity index (χ0n) is 18.1. The van der Waals surface area contributed by atoms with Gasteiger partial charge in [-0.05, 0) is 36.4 Å². The lowest BCUT2D eigenvalue weighted by molar-refractivity contribution is -0.116. The first-order valence-corrected chi connectivity index (χ1v) is 10.9. The van der Waals surface area contributed by atoms with E-state index >= 15 is 0 Å². The largest absolute Gasteiger partial charge is 0.485 e. The number of pyridine rings is 1. The van der Waals surface area contributed by atoms with Crippen LogP contribution in [0.1, 0.15) is 26.4 Å². The molecule has 3 heterocycles. The minimum Gasteiger partial charge on any atom is -0.485 e. The van der Waals surface area contributed by atoms with Gasteiger partial charge in [0.05, 0.1) is 27.5 Å². The molecular formula is C25H17ClN4O5. The van der Waals surface area contributed by atoms with Crippen LogP contribution in [0.15, 0.2) is 77.7 Å². The number of rotatable bonds is 6. The molecule has 0 unspecified atom stereocenters. The summed E-state index contributed by atoms with van der Waals surface area (Å²) in [5.74, 6) is -1.25. The Kier molecular flexibility index (Phi) is 5.76. The molecule has 0 aliphatic carbocycles. The fourth-order valence-corrected chi connectivity index (χ4v) is 3.92. The number of carbonyl (C=O) groups excluding carboxylic acids is 3. The predicted octanol–water partition coefficient (Wildman–Crippen LogP) is 3.16. The van der Waals surface area contributed by atoms with Crippen molar-refractivity contribution in [3.8, 4) is 5.75 Å². The van der Waals surface area contributed by atoms with E-state index in [4.69, 9.17) is 16.3 Å². The Hall–Kier alpha value is -4.50. The van der Waals surface area contributed by atoms with Crippen LogP contribution >= 0.6 is 11.6 Å². The Labute approximate surface area is 203 Å². The number of anilines is 1. The third-order valence-electron chi connectivity index (χ3n) is 5.39. The van der Waals surface area contributed by atoms with Gasteiger partial charge in [0, 0.05) is 12.3 Å². The third kappa shape index (κ3) is 4.36. The van der Waals surface area contributed by atoms with Crippen molar-refractivity contribution in [1.29, 1.82) is 0 Å². The summed E-state index contributed by atoms with van der Waals surface area (Å²) in [5, 5.41) is 3.09. The maximum absolute atomic E-state index is 12.7. The summed E-state index contributed by atoms with van der Waals surface area (Å²) < 4.78 is 7.15. The van der Waals surface area contributed by atoms with Crippen LogP contribution in [-0.2, 0) is 11.4 Å². The van der Waals surface area contributed by atoms with Crippen LogP contribution in [0.5, 0.6) is 5.75 Å². The molecule has 5 rings (SSSR count). The average Bonchev–Trinajstić information content (AvgIpc) is 3.09. The summed E-state index contributed by atoms with van der Waals surface area (Å²) >= 11 is 5.94. The van der Waals surface area contributed by atoms with E-state index < -0.39 is 24.3 Å². The average molecular weight is 489 g/mol.